The summed E-state index contributed by atoms with van der Waals surface area (Å²) in [6.45, 7) is 4.81. The lowest BCUT2D eigenvalue weighted by Crippen LogP contribution is -2.05. The van der Waals surface area contributed by atoms with E-state index in [0.717, 1.165) is 23.9 Å². The summed E-state index contributed by atoms with van der Waals surface area (Å²) in [5.74, 6) is 3.44. The average Bonchev–Trinajstić information content (AvgIpc) is 3.18. The summed E-state index contributed by atoms with van der Waals surface area (Å²) in [5.41, 5.74) is 0.922. The minimum atomic E-state index is 0.490. The highest BCUT2D eigenvalue weighted by Gasteiger charge is 2.27. The van der Waals surface area contributed by atoms with Gasteiger partial charge in [0.2, 0.25) is 11.8 Å². The summed E-state index contributed by atoms with van der Waals surface area (Å²) in [7, 11) is 1.86. The molecule has 1 aliphatic rings. The Morgan fingerprint density at radius 2 is 2.15 bits per heavy atom. The predicted octanol–water partition coefficient (Wildman–Crippen LogP) is 2.62. The van der Waals surface area contributed by atoms with Crippen molar-refractivity contribution in [2.45, 2.75) is 32.6 Å². The van der Waals surface area contributed by atoms with Gasteiger partial charge in [0, 0.05) is 31.6 Å². The van der Waals surface area contributed by atoms with Gasteiger partial charge < -0.3 is 10.1 Å². The van der Waals surface area contributed by atoms with Crippen molar-refractivity contribution in [3.63, 3.8) is 0 Å². The predicted molar refractivity (Wildman–Crippen MR) is 76.2 cm³/mol. The van der Waals surface area contributed by atoms with E-state index in [-0.39, 0.29) is 0 Å². The number of nitrogens with one attached hydrogen (secondary N) is 1. The standard InChI is InChI=1S/C14H19N5O/c1-4-15-11-8-12(17-14(16-11)10-5-6-10)20-13-7-9(2)18-19(13)3/h7-8,10H,4-6H2,1-3H3,(H,15,16,17). The van der Waals surface area contributed by atoms with E-state index in [2.05, 4.69) is 20.4 Å². The first-order chi connectivity index (χ1) is 9.65. The third-order valence-electron chi connectivity index (χ3n) is 3.19. The molecule has 0 bridgehead atoms. The zero-order valence-electron chi connectivity index (χ0n) is 12.1. The Morgan fingerprint density at radius 1 is 1.35 bits per heavy atom. The third kappa shape index (κ3) is 2.74. The Morgan fingerprint density at radius 3 is 2.75 bits per heavy atom. The molecule has 2 heterocycles. The minimum absolute atomic E-state index is 0.490. The Kier molecular flexibility index (Phi) is 3.30. The Bertz CT molecular complexity index is 618. The number of anilines is 1. The SMILES string of the molecule is CCNc1cc(Oc2cc(C)nn2C)nc(C2CC2)n1. The Balaban J connectivity index is 1.89. The highest BCUT2D eigenvalue weighted by Crippen LogP contribution is 2.39. The summed E-state index contributed by atoms with van der Waals surface area (Å²) in [4.78, 5) is 9.04. The summed E-state index contributed by atoms with van der Waals surface area (Å²) in [6, 6.07) is 3.73. The van der Waals surface area contributed by atoms with Gasteiger partial charge in [0.15, 0.2) is 0 Å². The molecule has 2 aromatic heterocycles. The van der Waals surface area contributed by atoms with Crippen LogP contribution in [0.15, 0.2) is 12.1 Å². The number of hydrogen-bond acceptors (Lipinski definition) is 5. The lowest BCUT2D eigenvalue weighted by atomic mass is 10.4. The van der Waals surface area contributed by atoms with Gasteiger partial charge in [-0.2, -0.15) is 10.1 Å². The van der Waals surface area contributed by atoms with Crippen LogP contribution in [0.2, 0.25) is 0 Å². The summed E-state index contributed by atoms with van der Waals surface area (Å²) in [5, 5.41) is 7.49. The van der Waals surface area contributed by atoms with Crippen LogP contribution in [0.3, 0.4) is 0 Å². The minimum Gasteiger partial charge on any atom is -0.421 e. The lowest BCUT2D eigenvalue weighted by Gasteiger charge is -2.09. The van der Waals surface area contributed by atoms with Crippen LogP contribution in [-0.4, -0.2) is 26.3 Å². The quantitative estimate of drug-likeness (QED) is 0.907. The molecule has 0 amide bonds. The van der Waals surface area contributed by atoms with Crippen molar-refractivity contribution >= 4 is 5.82 Å². The zero-order chi connectivity index (χ0) is 14.1. The second kappa shape index (κ2) is 5.11. The van der Waals surface area contributed by atoms with Gasteiger partial charge >= 0.3 is 0 Å². The van der Waals surface area contributed by atoms with Crippen LogP contribution in [0, 0.1) is 6.92 Å². The van der Waals surface area contributed by atoms with E-state index in [1.807, 2.05) is 33.0 Å². The van der Waals surface area contributed by atoms with Crippen molar-refractivity contribution in [2.24, 2.45) is 7.05 Å². The summed E-state index contributed by atoms with van der Waals surface area (Å²) in [6.07, 6.45) is 2.33. The number of aromatic nitrogens is 4. The molecule has 6 heteroatoms. The van der Waals surface area contributed by atoms with Gasteiger partial charge in [-0.25, -0.2) is 9.67 Å². The van der Waals surface area contributed by atoms with Gasteiger partial charge in [-0.3, -0.25) is 0 Å². The van der Waals surface area contributed by atoms with E-state index < -0.39 is 0 Å². The maximum atomic E-state index is 5.84. The highest BCUT2D eigenvalue weighted by molar-refractivity contribution is 5.40. The molecule has 0 aliphatic heterocycles. The fraction of sp³-hybridized carbons (Fsp3) is 0.500. The topological polar surface area (TPSA) is 64.9 Å². The largest absolute Gasteiger partial charge is 0.421 e. The van der Waals surface area contributed by atoms with Crippen molar-refractivity contribution in [1.82, 2.24) is 19.7 Å². The molecule has 0 saturated heterocycles. The van der Waals surface area contributed by atoms with Gasteiger partial charge in [-0.05, 0) is 26.7 Å². The Labute approximate surface area is 118 Å². The van der Waals surface area contributed by atoms with Crippen molar-refractivity contribution in [3.05, 3.63) is 23.7 Å². The van der Waals surface area contributed by atoms with E-state index in [1.54, 1.807) is 4.68 Å². The molecule has 3 rings (SSSR count). The molecule has 6 nitrogen and oxygen atoms in total. The molecule has 0 radical (unpaired) electrons. The van der Waals surface area contributed by atoms with Crippen molar-refractivity contribution in [1.29, 1.82) is 0 Å². The first kappa shape index (κ1) is 12.9. The van der Waals surface area contributed by atoms with Gasteiger partial charge in [-0.15, -0.1) is 0 Å². The molecule has 106 valence electrons. The first-order valence-electron chi connectivity index (χ1n) is 6.97. The molecule has 1 N–H and O–H groups in total. The van der Waals surface area contributed by atoms with Gasteiger partial charge in [-0.1, -0.05) is 0 Å². The normalized spacial score (nSPS) is 14.3. The molecule has 1 aliphatic carbocycles. The van der Waals surface area contributed by atoms with Crippen molar-refractivity contribution in [2.75, 3.05) is 11.9 Å². The molecule has 20 heavy (non-hydrogen) atoms. The monoisotopic (exact) mass is 273 g/mol. The number of hydrogen-bond donors (Lipinski definition) is 1. The van der Waals surface area contributed by atoms with Crippen LogP contribution in [0.1, 0.15) is 37.2 Å². The van der Waals surface area contributed by atoms with Crippen LogP contribution in [0.5, 0.6) is 11.8 Å². The number of rotatable bonds is 5. The van der Waals surface area contributed by atoms with E-state index in [9.17, 15) is 0 Å². The molecule has 0 atom stereocenters. The average molecular weight is 273 g/mol. The van der Waals surface area contributed by atoms with Gasteiger partial charge in [0.05, 0.1) is 5.69 Å². The lowest BCUT2D eigenvalue weighted by molar-refractivity contribution is 0.413. The number of ether oxygens (including phenoxy) is 1. The number of nitrogens with zero attached hydrogens (tertiary/aromatic N) is 4. The Hall–Kier alpha value is -2.11. The van der Waals surface area contributed by atoms with E-state index >= 15 is 0 Å². The van der Waals surface area contributed by atoms with E-state index in [4.69, 9.17) is 4.74 Å². The van der Waals surface area contributed by atoms with Crippen molar-refractivity contribution < 1.29 is 4.74 Å². The van der Waals surface area contributed by atoms with E-state index in [1.165, 1.54) is 12.8 Å². The molecule has 0 unspecified atom stereocenters. The molecular weight excluding hydrogens is 254 g/mol. The third-order valence-corrected chi connectivity index (χ3v) is 3.19. The van der Waals surface area contributed by atoms with Gasteiger partial charge in [0.1, 0.15) is 11.6 Å². The van der Waals surface area contributed by atoms with Crippen molar-refractivity contribution in [3.8, 4) is 11.8 Å². The fourth-order valence-electron chi connectivity index (χ4n) is 2.08. The molecule has 1 saturated carbocycles. The van der Waals surface area contributed by atoms with Gasteiger partial charge in [0.25, 0.3) is 0 Å². The molecule has 0 aromatic carbocycles. The maximum absolute atomic E-state index is 5.84. The molecular formula is C14H19N5O. The second-order valence-electron chi connectivity index (χ2n) is 5.10. The van der Waals surface area contributed by atoms with Crippen LogP contribution < -0.4 is 10.1 Å². The van der Waals surface area contributed by atoms with E-state index in [0.29, 0.717) is 17.7 Å². The molecule has 2 aromatic rings. The molecule has 0 spiro atoms. The number of aryl methyl sites for hydroxylation is 2. The smallest absolute Gasteiger partial charge is 0.226 e. The highest BCUT2D eigenvalue weighted by atomic mass is 16.5. The van der Waals surface area contributed by atoms with Crippen LogP contribution in [-0.2, 0) is 7.05 Å². The fourth-order valence-corrected chi connectivity index (χ4v) is 2.08. The zero-order valence-corrected chi connectivity index (χ0v) is 12.1. The maximum Gasteiger partial charge on any atom is 0.226 e. The summed E-state index contributed by atoms with van der Waals surface area (Å²) >= 11 is 0. The van der Waals surface area contributed by atoms with Crippen LogP contribution in [0.25, 0.3) is 0 Å². The van der Waals surface area contributed by atoms with Crippen LogP contribution in [0.4, 0.5) is 5.82 Å². The molecule has 1 fully saturated rings. The summed E-state index contributed by atoms with van der Waals surface area (Å²) < 4.78 is 7.55. The second-order valence-corrected chi connectivity index (χ2v) is 5.10. The van der Waals surface area contributed by atoms with Crippen LogP contribution >= 0.6 is 0 Å². The first-order valence-corrected chi connectivity index (χ1v) is 6.97.